The van der Waals surface area contributed by atoms with Gasteiger partial charge in [0.25, 0.3) is 0 Å². The number of aryl methyl sites for hydroxylation is 1. The predicted molar refractivity (Wildman–Crippen MR) is 59.5 cm³/mol. The van der Waals surface area contributed by atoms with Crippen LogP contribution >= 0.6 is 0 Å². The first-order valence-corrected chi connectivity index (χ1v) is 4.87. The van der Waals surface area contributed by atoms with Crippen molar-refractivity contribution in [3.05, 3.63) is 41.7 Å². The van der Waals surface area contributed by atoms with E-state index in [4.69, 9.17) is 5.26 Å². The summed E-state index contributed by atoms with van der Waals surface area (Å²) in [6, 6.07) is 9.40. The molecule has 0 amide bonds. The van der Waals surface area contributed by atoms with Crippen LogP contribution < -0.4 is 5.32 Å². The van der Waals surface area contributed by atoms with Crippen LogP contribution in [0, 0.1) is 11.3 Å². The Kier molecular flexibility index (Phi) is 2.83. The van der Waals surface area contributed by atoms with Crippen molar-refractivity contribution >= 4 is 5.69 Å². The summed E-state index contributed by atoms with van der Waals surface area (Å²) in [6.07, 6.45) is 1.72. The highest BCUT2D eigenvalue weighted by Gasteiger charge is 1.99. The Morgan fingerprint density at radius 2 is 2.12 bits per heavy atom. The van der Waals surface area contributed by atoms with Crippen molar-refractivity contribution in [2.24, 2.45) is 7.05 Å². The lowest BCUT2D eigenvalue weighted by molar-refractivity contribution is 0.683. The number of benzene rings is 1. The number of nitriles is 1. The third-order valence-electron chi connectivity index (χ3n) is 2.30. The van der Waals surface area contributed by atoms with E-state index in [0.29, 0.717) is 12.1 Å². The average molecular weight is 213 g/mol. The number of hydrogen-bond donors (Lipinski definition) is 1. The van der Waals surface area contributed by atoms with Crippen molar-refractivity contribution in [2.75, 3.05) is 5.32 Å². The van der Waals surface area contributed by atoms with Crippen molar-refractivity contribution in [3.63, 3.8) is 0 Å². The molecule has 0 aliphatic rings. The number of aromatic nitrogens is 3. The first-order chi connectivity index (χ1) is 7.79. The van der Waals surface area contributed by atoms with Crippen LogP contribution in [-0.4, -0.2) is 15.0 Å². The minimum absolute atomic E-state index is 0.660. The zero-order valence-corrected chi connectivity index (χ0v) is 8.88. The fourth-order valence-corrected chi connectivity index (χ4v) is 1.33. The van der Waals surface area contributed by atoms with Gasteiger partial charge in [-0.05, 0) is 24.3 Å². The van der Waals surface area contributed by atoms with Crippen LogP contribution in [0.2, 0.25) is 0 Å². The van der Waals surface area contributed by atoms with Crippen molar-refractivity contribution in [1.82, 2.24) is 15.0 Å². The second-order valence-electron chi connectivity index (χ2n) is 3.39. The Morgan fingerprint density at radius 3 is 2.69 bits per heavy atom. The summed E-state index contributed by atoms with van der Waals surface area (Å²) in [6.45, 7) is 0.662. The maximum Gasteiger partial charge on any atom is 0.0991 e. The average Bonchev–Trinajstić information content (AvgIpc) is 2.73. The van der Waals surface area contributed by atoms with Gasteiger partial charge in [-0.15, -0.1) is 5.10 Å². The third kappa shape index (κ3) is 2.17. The van der Waals surface area contributed by atoms with E-state index in [2.05, 4.69) is 21.7 Å². The zero-order chi connectivity index (χ0) is 11.4. The first kappa shape index (κ1) is 10.2. The summed E-state index contributed by atoms with van der Waals surface area (Å²) in [7, 11) is 1.85. The molecule has 5 heteroatoms. The Hall–Kier alpha value is -2.35. The summed E-state index contributed by atoms with van der Waals surface area (Å²) in [5.41, 5.74) is 2.64. The molecule has 0 aliphatic heterocycles. The van der Waals surface area contributed by atoms with E-state index < -0.39 is 0 Å². The van der Waals surface area contributed by atoms with Gasteiger partial charge in [0.05, 0.1) is 30.1 Å². The molecule has 1 N–H and O–H groups in total. The Bertz CT molecular complexity index is 506. The maximum absolute atomic E-state index is 8.65. The highest BCUT2D eigenvalue weighted by atomic mass is 15.4. The molecule has 0 atom stereocenters. The largest absolute Gasteiger partial charge is 0.379 e. The lowest BCUT2D eigenvalue weighted by atomic mass is 10.2. The highest BCUT2D eigenvalue weighted by Crippen LogP contribution is 2.09. The van der Waals surface area contributed by atoms with Crippen LogP contribution in [0.4, 0.5) is 5.69 Å². The lowest BCUT2D eigenvalue weighted by Gasteiger charge is -2.05. The molecule has 0 unspecified atom stereocenters. The van der Waals surface area contributed by atoms with Gasteiger partial charge in [-0.1, -0.05) is 5.21 Å². The third-order valence-corrected chi connectivity index (χ3v) is 2.30. The first-order valence-electron chi connectivity index (χ1n) is 4.87. The fraction of sp³-hybridized carbons (Fsp3) is 0.182. The molecule has 0 saturated heterocycles. The Morgan fingerprint density at radius 1 is 1.38 bits per heavy atom. The smallest absolute Gasteiger partial charge is 0.0991 e. The van der Waals surface area contributed by atoms with Crippen LogP contribution in [0.25, 0.3) is 0 Å². The summed E-state index contributed by atoms with van der Waals surface area (Å²) in [5, 5.41) is 19.5. The highest BCUT2D eigenvalue weighted by molar-refractivity contribution is 5.47. The van der Waals surface area contributed by atoms with E-state index in [9.17, 15) is 0 Å². The summed E-state index contributed by atoms with van der Waals surface area (Å²) in [4.78, 5) is 0. The second-order valence-corrected chi connectivity index (χ2v) is 3.39. The summed E-state index contributed by atoms with van der Waals surface area (Å²) < 4.78 is 1.72. The summed E-state index contributed by atoms with van der Waals surface area (Å²) >= 11 is 0. The van der Waals surface area contributed by atoms with Gasteiger partial charge in [-0.3, -0.25) is 4.68 Å². The van der Waals surface area contributed by atoms with E-state index in [1.165, 1.54) is 0 Å². The van der Waals surface area contributed by atoms with Gasteiger partial charge in [0.15, 0.2) is 0 Å². The Labute approximate surface area is 93.3 Å². The van der Waals surface area contributed by atoms with Gasteiger partial charge in [0, 0.05) is 12.7 Å². The lowest BCUT2D eigenvalue weighted by Crippen LogP contribution is -2.05. The summed E-state index contributed by atoms with van der Waals surface area (Å²) in [5.74, 6) is 0. The molecule has 2 rings (SSSR count). The van der Waals surface area contributed by atoms with Crippen LogP contribution in [0.5, 0.6) is 0 Å². The number of hydrogen-bond acceptors (Lipinski definition) is 4. The molecule has 2 aromatic rings. The number of rotatable bonds is 3. The van der Waals surface area contributed by atoms with Crippen molar-refractivity contribution in [3.8, 4) is 6.07 Å². The monoisotopic (exact) mass is 213 g/mol. The predicted octanol–water partition coefficient (Wildman–Crippen LogP) is 1.30. The zero-order valence-electron chi connectivity index (χ0n) is 8.88. The molecule has 80 valence electrons. The SMILES string of the molecule is Cn1nncc1CNc1ccc(C#N)cc1. The molecular formula is C11H11N5. The topological polar surface area (TPSA) is 66.5 Å². The molecule has 0 fully saturated rings. The van der Waals surface area contributed by atoms with E-state index in [1.54, 1.807) is 23.0 Å². The minimum Gasteiger partial charge on any atom is -0.379 e. The fourth-order valence-electron chi connectivity index (χ4n) is 1.33. The second kappa shape index (κ2) is 4.45. The molecule has 1 aromatic heterocycles. The molecule has 16 heavy (non-hydrogen) atoms. The number of anilines is 1. The standard InChI is InChI=1S/C11H11N5/c1-16-11(8-14-15-16)7-13-10-4-2-9(6-12)3-5-10/h2-5,8,13H,7H2,1H3. The van der Waals surface area contributed by atoms with Gasteiger partial charge in [-0.25, -0.2) is 0 Å². The van der Waals surface area contributed by atoms with Crippen molar-refractivity contribution < 1.29 is 0 Å². The van der Waals surface area contributed by atoms with Crippen LogP contribution in [-0.2, 0) is 13.6 Å². The maximum atomic E-state index is 8.65. The van der Waals surface area contributed by atoms with E-state index >= 15 is 0 Å². The van der Waals surface area contributed by atoms with Gasteiger partial charge in [0.2, 0.25) is 0 Å². The molecule has 1 aromatic carbocycles. The van der Waals surface area contributed by atoms with Crippen LogP contribution in [0.3, 0.4) is 0 Å². The molecule has 0 aliphatic carbocycles. The molecule has 0 bridgehead atoms. The van der Waals surface area contributed by atoms with Gasteiger partial charge >= 0.3 is 0 Å². The van der Waals surface area contributed by atoms with E-state index in [0.717, 1.165) is 11.4 Å². The molecule has 0 spiro atoms. The van der Waals surface area contributed by atoms with Crippen molar-refractivity contribution in [1.29, 1.82) is 5.26 Å². The minimum atomic E-state index is 0.660. The molecular weight excluding hydrogens is 202 g/mol. The molecule has 0 radical (unpaired) electrons. The van der Waals surface area contributed by atoms with E-state index in [1.807, 2.05) is 19.2 Å². The molecule has 0 saturated carbocycles. The molecule has 1 heterocycles. The molecule has 5 nitrogen and oxygen atoms in total. The van der Waals surface area contributed by atoms with Gasteiger partial charge in [0.1, 0.15) is 0 Å². The number of nitrogens with zero attached hydrogens (tertiary/aromatic N) is 4. The van der Waals surface area contributed by atoms with Gasteiger partial charge < -0.3 is 5.32 Å². The Balaban J connectivity index is 2.00. The normalized spacial score (nSPS) is 9.75. The van der Waals surface area contributed by atoms with Crippen molar-refractivity contribution in [2.45, 2.75) is 6.54 Å². The van der Waals surface area contributed by atoms with Gasteiger partial charge in [-0.2, -0.15) is 5.26 Å². The quantitative estimate of drug-likeness (QED) is 0.834. The number of nitrogens with one attached hydrogen (secondary N) is 1. The van der Waals surface area contributed by atoms with Crippen LogP contribution in [0.15, 0.2) is 30.5 Å². The van der Waals surface area contributed by atoms with Crippen LogP contribution in [0.1, 0.15) is 11.3 Å². The van der Waals surface area contributed by atoms with E-state index in [-0.39, 0.29) is 0 Å².